The molecule has 0 aromatic carbocycles. The molecular weight excluding hydrogens is 252 g/mol. The summed E-state index contributed by atoms with van der Waals surface area (Å²) in [7, 11) is 0. The zero-order valence-electron chi connectivity index (χ0n) is 13.4. The largest absolute Gasteiger partial charge is 0.435 e. The summed E-state index contributed by atoms with van der Waals surface area (Å²) < 4.78 is 4.76. The molecule has 0 rings (SSSR count). The van der Waals surface area contributed by atoms with Crippen molar-refractivity contribution in [1.29, 1.82) is 0 Å². The lowest BCUT2D eigenvalue weighted by molar-refractivity contribution is -0.135. The molecule has 0 aromatic rings. The maximum Gasteiger partial charge on any atom is 0.307 e. The normalized spacial score (nSPS) is 13.8. The van der Waals surface area contributed by atoms with Gasteiger partial charge in [-0.1, -0.05) is 32.4 Å². The van der Waals surface area contributed by atoms with Gasteiger partial charge in [-0.15, -0.1) is 0 Å². The monoisotopic (exact) mass is 280 g/mol. The molecule has 1 unspecified atom stereocenters. The Labute approximate surface area is 123 Å². The van der Waals surface area contributed by atoms with Gasteiger partial charge < -0.3 is 4.74 Å². The van der Waals surface area contributed by atoms with Gasteiger partial charge in [0.25, 0.3) is 0 Å². The number of esters is 1. The highest BCUT2D eigenvalue weighted by molar-refractivity contribution is 5.81. The van der Waals surface area contributed by atoms with Crippen LogP contribution in [0.5, 0.6) is 0 Å². The summed E-state index contributed by atoms with van der Waals surface area (Å²) in [6.07, 6.45) is 9.09. The SMILES string of the molecule is CC(=O)O/C=C\C(C)CCCC(C)=CCC(=O)C(C)C. The second-order valence-electron chi connectivity index (χ2n) is 5.68. The van der Waals surface area contributed by atoms with Gasteiger partial charge in [-0.05, 0) is 38.2 Å². The molecule has 0 spiro atoms. The minimum absolute atomic E-state index is 0.116. The van der Waals surface area contributed by atoms with Crippen LogP contribution in [0.25, 0.3) is 0 Å². The van der Waals surface area contributed by atoms with Gasteiger partial charge in [0.1, 0.15) is 5.78 Å². The number of hydrogen-bond acceptors (Lipinski definition) is 3. The molecule has 0 fully saturated rings. The van der Waals surface area contributed by atoms with Gasteiger partial charge >= 0.3 is 5.97 Å². The van der Waals surface area contributed by atoms with E-state index in [1.807, 2.05) is 26.0 Å². The summed E-state index contributed by atoms with van der Waals surface area (Å²) in [5.74, 6) is 0.508. The Morgan fingerprint density at radius 2 is 1.80 bits per heavy atom. The van der Waals surface area contributed by atoms with E-state index in [-0.39, 0.29) is 11.9 Å². The fraction of sp³-hybridized carbons (Fsp3) is 0.647. The van der Waals surface area contributed by atoms with Crippen molar-refractivity contribution in [3.05, 3.63) is 24.0 Å². The predicted octanol–water partition coefficient (Wildman–Crippen LogP) is 4.43. The topological polar surface area (TPSA) is 43.4 Å². The third-order valence-electron chi connectivity index (χ3n) is 3.17. The average Bonchev–Trinajstić information content (AvgIpc) is 2.35. The fourth-order valence-corrected chi connectivity index (χ4v) is 1.68. The van der Waals surface area contributed by atoms with E-state index in [2.05, 4.69) is 13.8 Å². The number of carbonyl (C=O) groups excluding carboxylic acids is 2. The minimum Gasteiger partial charge on any atom is -0.435 e. The molecule has 20 heavy (non-hydrogen) atoms. The van der Waals surface area contributed by atoms with Crippen LogP contribution in [0.4, 0.5) is 0 Å². The van der Waals surface area contributed by atoms with E-state index in [4.69, 9.17) is 4.74 Å². The first-order chi connectivity index (χ1) is 9.32. The molecule has 0 bridgehead atoms. The van der Waals surface area contributed by atoms with Crippen LogP contribution in [0, 0.1) is 11.8 Å². The Morgan fingerprint density at radius 3 is 2.35 bits per heavy atom. The second-order valence-corrected chi connectivity index (χ2v) is 5.68. The van der Waals surface area contributed by atoms with Crippen molar-refractivity contribution in [3.63, 3.8) is 0 Å². The molecule has 0 heterocycles. The van der Waals surface area contributed by atoms with Crippen LogP contribution < -0.4 is 0 Å². The minimum atomic E-state index is -0.290. The number of allylic oxidation sites excluding steroid dienone is 3. The highest BCUT2D eigenvalue weighted by atomic mass is 16.5. The van der Waals surface area contributed by atoms with Crippen molar-refractivity contribution >= 4 is 11.8 Å². The standard InChI is InChI=1S/C17H28O3/c1-13(2)17(19)10-9-14(3)7-6-8-15(4)11-12-20-16(5)18/h9,11-13,15H,6-8,10H2,1-5H3/b12-11-,14-9?. The summed E-state index contributed by atoms with van der Waals surface area (Å²) >= 11 is 0. The molecule has 0 N–H and O–H groups in total. The summed E-state index contributed by atoms with van der Waals surface area (Å²) in [6, 6.07) is 0. The number of Topliss-reactive ketones (excluding diaryl/α,β-unsaturated/α-hetero) is 1. The van der Waals surface area contributed by atoms with Crippen molar-refractivity contribution in [1.82, 2.24) is 0 Å². The molecule has 0 aliphatic rings. The van der Waals surface area contributed by atoms with Crippen LogP contribution in [0.2, 0.25) is 0 Å². The number of ketones is 1. The number of rotatable bonds is 9. The smallest absolute Gasteiger partial charge is 0.307 e. The van der Waals surface area contributed by atoms with Gasteiger partial charge in [-0.3, -0.25) is 9.59 Å². The van der Waals surface area contributed by atoms with Crippen LogP contribution in [0.3, 0.4) is 0 Å². The van der Waals surface area contributed by atoms with Gasteiger partial charge in [0.15, 0.2) is 0 Å². The quantitative estimate of drug-likeness (QED) is 0.356. The molecule has 0 saturated carbocycles. The van der Waals surface area contributed by atoms with E-state index in [0.717, 1.165) is 19.3 Å². The molecule has 0 radical (unpaired) electrons. The summed E-state index contributed by atoms with van der Waals surface area (Å²) in [5.41, 5.74) is 1.27. The van der Waals surface area contributed by atoms with Crippen LogP contribution in [-0.2, 0) is 14.3 Å². The highest BCUT2D eigenvalue weighted by Crippen LogP contribution is 2.14. The second kappa shape index (κ2) is 10.4. The fourth-order valence-electron chi connectivity index (χ4n) is 1.68. The number of ether oxygens (including phenoxy) is 1. The lowest BCUT2D eigenvalue weighted by Gasteiger charge is -2.07. The van der Waals surface area contributed by atoms with Crippen molar-refractivity contribution < 1.29 is 14.3 Å². The van der Waals surface area contributed by atoms with Crippen LogP contribution >= 0.6 is 0 Å². The summed E-state index contributed by atoms with van der Waals surface area (Å²) in [5, 5.41) is 0. The first-order valence-electron chi connectivity index (χ1n) is 7.35. The Bertz CT molecular complexity index is 364. The van der Waals surface area contributed by atoms with Crippen molar-refractivity contribution in [2.24, 2.45) is 11.8 Å². The lowest BCUT2D eigenvalue weighted by Crippen LogP contribution is -2.04. The maximum absolute atomic E-state index is 11.5. The number of hydrogen-bond donors (Lipinski definition) is 0. The molecule has 3 heteroatoms. The molecule has 114 valence electrons. The van der Waals surface area contributed by atoms with Gasteiger partial charge in [0.2, 0.25) is 0 Å². The molecule has 0 aliphatic heterocycles. The predicted molar refractivity (Wildman–Crippen MR) is 82.1 cm³/mol. The van der Waals surface area contributed by atoms with Gasteiger partial charge in [0, 0.05) is 19.3 Å². The molecule has 1 atom stereocenters. The first kappa shape index (κ1) is 18.6. The van der Waals surface area contributed by atoms with E-state index in [1.165, 1.54) is 18.8 Å². The highest BCUT2D eigenvalue weighted by Gasteiger charge is 2.05. The van der Waals surface area contributed by atoms with Crippen molar-refractivity contribution in [2.45, 2.75) is 60.3 Å². The van der Waals surface area contributed by atoms with E-state index in [9.17, 15) is 9.59 Å². The van der Waals surface area contributed by atoms with E-state index < -0.39 is 0 Å². The zero-order valence-corrected chi connectivity index (χ0v) is 13.4. The van der Waals surface area contributed by atoms with Gasteiger partial charge in [-0.2, -0.15) is 0 Å². The van der Waals surface area contributed by atoms with E-state index >= 15 is 0 Å². The van der Waals surface area contributed by atoms with E-state index in [1.54, 1.807) is 0 Å². The molecule has 0 amide bonds. The van der Waals surface area contributed by atoms with Crippen molar-refractivity contribution in [2.75, 3.05) is 0 Å². The molecule has 0 saturated heterocycles. The Morgan fingerprint density at radius 1 is 1.15 bits per heavy atom. The summed E-state index contributed by atoms with van der Waals surface area (Å²) in [4.78, 5) is 22.1. The molecular formula is C17H28O3. The van der Waals surface area contributed by atoms with E-state index in [0.29, 0.717) is 18.1 Å². The third-order valence-corrected chi connectivity index (χ3v) is 3.17. The summed E-state index contributed by atoms with van der Waals surface area (Å²) in [6.45, 7) is 9.43. The van der Waals surface area contributed by atoms with Gasteiger partial charge in [0.05, 0.1) is 6.26 Å². The third kappa shape index (κ3) is 10.5. The Balaban J connectivity index is 3.87. The molecule has 0 aliphatic carbocycles. The van der Waals surface area contributed by atoms with Crippen molar-refractivity contribution in [3.8, 4) is 0 Å². The van der Waals surface area contributed by atoms with Crippen LogP contribution in [-0.4, -0.2) is 11.8 Å². The zero-order chi connectivity index (χ0) is 15.5. The Hall–Kier alpha value is -1.38. The Kier molecular flexibility index (Phi) is 9.69. The van der Waals surface area contributed by atoms with Gasteiger partial charge in [-0.25, -0.2) is 0 Å². The molecule has 3 nitrogen and oxygen atoms in total. The average molecular weight is 280 g/mol. The number of carbonyl (C=O) groups is 2. The lowest BCUT2D eigenvalue weighted by atomic mass is 10.00. The molecule has 0 aromatic heterocycles. The van der Waals surface area contributed by atoms with Crippen LogP contribution in [0.1, 0.15) is 60.3 Å². The maximum atomic E-state index is 11.5. The van der Waals surface area contributed by atoms with Crippen LogP contribution in [0.15, 0.2) is 24.0 Å². The first-order valence-corrected chi connectivity index (χ1v) is 7.35.